The molecule has 0 bridgehead atoms. The molecule has 2 aromatic carbocycles. The number of carboxylic acid groups (broad SMARTS) is 1. The second-order valence-electron chi connectivity index (χ2n) is 5.44. The Balaban J connectivity index is 1.80. The Morgan fingerprint density at radius 2 is 1.89 bits per heavy atom. The van der Waals surface area contributed by atoms with Gasteiger partial charge in [0.25, 0.3) is 5.91 Å². The van der Waals surface area contributed by atoms with E-state index in [2.05, 4.69) is 5.32 Å². The molecule has 0 atom stereocenters. The van der Waals surface area contributed by atoms with E-state index in [1.54, 1.807) is 0 Å². The first-order valence-electron chi connectivity index (χ1n) is 7.71. The van der Waals surface area contributed by atoms with E-state index in [0.29, 0.717) is 6.07 Å². The fourth-order valence-electron chi connectivity index (χ4n) is 2.30. The van der Waals surface area contributed by atoms with Crippen LogP contribution >= 0.6 is 11.3 Å². The van der Waals surface area contributed by atoms with Gasteiger partial charge in [-0.2, -0.15) is 0 Å². The van der Waals surface area contributed by atoms with E-state index in [1.807, 2.05) is 17.5 Å². The van der Waals surface area contributed by atoms with Crippen molar-refractivity contribution >= 4 is 28.9 Å². The fraction of sp³-hybridized carbons (Fsp3) is 0.0526. The molecule has 0 spiro atoms. The molecule has 0 aliphatic carbocycles. The Bertz CT molecular complexity index is 989. The Hall–Kier alpha value is -3.26. The fourth-order valence-corrected chi connectivity index (χ4v) is 2.92. The van der Waals surface area contributed by atoms with Crippen LogP contribution in [0.15, 0.2) is 53.9 Å². The summed E-state index contributed by atoms with van der Waals surface area (Å²) < 4.78 is 32.2. The molecule has 0 aliphatic rings. The number of rotatable bonds is 6. The smallest absolute Gasteiger partial charge is 0.258 e. The normalized spacial score (nSPS) is 10.4. The molecular weight excluding hydrogens is 376 g/mol. The zero-order chi connectivity index (χ0) is 19.4. The number of aromatic carboxylic acids is 1. The maximum atomic E-state index is 13.7. The number of anilines is 1. The number of carboxylic acids is 1. The van der Waals surface area contributed by atoms with Gasteiger partial charge in [0.15, 0.2) is 0 Å². The van der Waals surface area contributed by atoms with E-state index < -0.39 is 29.1 Å². The number of carbonyl (C=O) groups excluding carboxylic acids is 2. The minimum absolute atomic E-state index is 0.0906. The lowest BCUT2D eigenvalue weighted by Crippen LogP contribution is -2.25. The van der Waals surface area contributed by atoms with Gasteiger partial charge in [0.2, 0.25) is 0 Å². The topological polar surface area (TPSA) is 78.5 Å². The molecule has 1 N–H and O–H groups in total. The lowest BCUT2D eigenvalue weighted by Gasteiger charge is -2.14. The van der Waals surface area contributed by atoms with Crippen LogP contribution in [0.3, 0.4) is 0 Å². The molecule has 1 amide bonds. The molecule has 0 fully saturated rings. The van der Waals surface area contributed by atoms with Crippen LogP contribution in [0.25, 0.3) is 0 Å². The molecular formula is C19H12F2NO4S-. The summed E-state index contributed by atoms with van der Waals surface area (Å²) in [7, 11) is 0. The van der Waals surface area contributed by atoms with Gasteiger partial charge >= 0.3 is 0 Å². The van der Waals surface area contributed by atoms with Crippen LogP contribution in [0.5, 0.6) is 5.75 Å². The van der Waals surface area contributed by atoms with E-state index in [0.717, 1.165) is 17.0 Å². The lowest BCUT2D eigenvalue weighted by atomic mass is 10.1. The van der Waals surface area contributed by atoms with Crippen molar-refractivity contribution in [1.29, 1.82) is 0 Å². The minimum atomic E-state index is -1.54. The largest absolute Gasteiger partial charge is 0.545 e. The highest BCUT2D eigenvalue weighted by Gasteiger charge is 2.15. The highest BCUT2D eigenvalue weighted by atomic mass is 32.1. The summed E-state index contributed by atoms with van der Waals surface area (Å²) in [4.78, 5) is 24.5. The zero-order valence-electron chi connectivity index (χ0n) is 13.7. The number of hydrogen-bond acceptors (Lipinski definition) is 5. The molecule has 1 aromatic heterocycles. The predicted octanol–water partition coefficient (Wildman–Crippen LogP) is 3.22. The van der Waals surface area contributed by atoms with Crippen molar-refractivity contribution < 1.29 is 28.2 Å². The Morgan fingerprint density at radius 3 is 2.56 bits per heavy atom. The highest BCUT2D eigenvalue weighted by molar-refractivity contribution is 7.09. The second kappa shape index (κ2) is 7.96. The standard InChI is InChI=1S/C19H13F2NO4S/c20-11-3-5-14(16(21)8-11)18(23)22-17-6-4-12(9-15(17)19(24)25)26-10-13-2-1-7-27-13/h1-9H,10H2,(H,22,23)(H,24,25)/p-1. The lowest BCUT2D eigenvalue weighted by molar-refractivity contribution is -0.254. The van der Waals surface area contributed by atoms with Crippen molar-refractivity contribution in [3.63, 3.8) is 0 Å². The number of carbonyl (C=O) groups is 2. The van der Waals surface area contributed by atoms with E-state index in [4.69, 9.17) is 4.74 Å². The molecule has 0 radical (unpaired) electrons. The van der Waals surface area contributed by atoms with Crippen molar-refractivity contribution in [1.82, 2.24) is 0 Å². The number of hydrogen-bond donors (Lipinski definition) is 1. The Morgan fingerprint density at radius 1 is 1.07 bits per heavy atom. The SMILES string of the molecule is O=C(Nc1ccc(OCc2cccs2)cc1C(=O)[O-])c1ccc(F)cc1F. The first kappa shape index (κ1) is 18.5. The van der Waals surface area contributed by atoms with E-state index in [-0.39, 0.29) is 23.6 Å². The molecule has 0 unspecified atom stereocenters. The Labute approximate surface area is 156 Å². The molecule has 0 aliphatic heterocycles. The summed E-state index contributed by atoms with van der Waals surface area (Å²) in [6, 6.07) is 10.2. The second-order valence-corrected chi connectivity index (χ2v) is 6.47. The van der Waals surface area contributed by atoms with Gasteiger partial charge in [-0.05, 0) is 41.8 Å². The van der Waals surface area contributed by atoms with Crippen LogP contribution in [-0.2, 0) is 6.61 Å². The van der Waals surface area contributed by atoms with Gasteiger partial charge in [0, 0.05) is 16.5 Å². The van der Waals surface area contributed by atoms with Gasteiger partial charge in [-0.3, -0.25) is 4.79 Å². The molecule has 0 saturated heterocycles. The average molecular weight is 388 g/mol. The van der Waals surface area contributed by atoms with E-state index in [9.17, 15) is 23.5 Å². The van der Waals surface area contributed by atoms with Crippen LogP contribution in [0.4, 0.5) is 14.5 Å². The maximum absolute atomic E-state index is 13.7. The van der Waals surface area contributed by atoms with Crippen molar-refractivity contribution in [3.05, 3.63) is 81.5 Å². The van der Waals surface area contributed by atoms with Gasteiger partial charge in [-0.15, -0.1) is 11.3 Å². The third kappa shape index (κ3) is 4.48. The maximum Gasteiger partial charge on any atom is 0.258 e. The molecule has 27 heavy (non-hydrogen) atoms. The minimum Gasteiger partial charge on any atom is -0.545 e. The van der Waals surface area contributed by atoms with Crippen LogP contribution in [0.1, 0.15) is 25.6 Å². The third-order valence-corrected chi connectivity index (χ3v) is 4.45. The first-order valence-corrected chi connectivity index (χ1v) is 8.59. The van der Waals surface area contributed by atoms with Crippen LogP contribution in [0.2, 0.25) is 0 Å². The zero-order valence-corrected chi connectivity index (χ0v) is 14.5. The molecule has 3 rings (SSSR count). The van der Waals surface area contributed by atoms with E-state index in [1.165, 1.54) is 29.5 Å². The molecule has 5 nitrogen and oxygen atoms in total. The van der Waals surface area contributed by atoms with Gasteiger partial charge in [0.1, 0.15) is 24.0 Å². The van der Waals surface area contributed by atoms with Crippen molar-refractivity contribution in [2.24, 2.45) is 0 Å². The Kier molecular flexibility index (Phi) is 5.46. The molecule has 138 valence electrons. The highest BCUT2D eigenvalue weighted by Crippen LogP contribution is 2.24. The van der Waals surface area contributed by atoms with Gasteiger partial charge < -0.3 is 20.0 Å². The van der Waals surface area contributed by atoms with Crippen molar-refractivity contribution in [3.8, 4) is 5.75 Å². The third-order valence-electron chi connectivity index (χ3n) is 3.60. The van der Waals surface area contributed by atoms with Crippen LogP contribution in [0, 0.1) is 11.6 Å². The summed E-state index contributed by atoms with van der Waals surface area (Å²) in [6.45, 7) is 0.261. The number of benzene rings is 2. The number of amides is 1. The van der Waals surface area contributed by atoms with Crippen molar-refractivity contribution in [2.45, 2.75) is 6.61 Å². The van der Waals surface area contributed by atoms with Crippen LogP contribution in [-0.4, -0.2) is 11.9 Å². The molecule has 0 saturated carbocycles. The average Bonchev–Trinajstić information content (AvgIpc) is 3.14. The summed E-state index contributed by atoms with van der Waals surface area (Å²) in [5, 5.41) is 15.6. The quantitative estimate of drug-likeness (QED) is 0.703. The van der Waals surface area contributed by atoms with Gasteiger partial charge in [0.05, 0.1) is 17.2 Å². The predicted molar refractivity (Wildman–Crippen MR) is 93.7 cm³/mol. The van der Waals surface area contributed by atoms with Crippen LogP contribution < -0.4 is 15.2 Å². The molecule has 3 aromatic rings. The first-order chi connectivity index (χ1) is 12.9. The summed E-state index contributed by atoms with van der Waals surface area (Å²) >= 11 is 1.49. The van der Waals surface area contributed by atoms with Gasteiger partial charge in [-0.25, -0.2) is 8.78 Å². The molecule has 1 heterocycles. The van der Waals surface area contributed by atoms with Crippen molar-refractivity contribution in [2.75, 3.05) is 5.32 Å². The monoisotopic (exact) mass is 388 g/mol. The number of ether oxygens (including phenoxy) is 1. The molecule has 8 heteroatoms. The van der Waals surface area contributed by atoms with Gasteiger partial charge in [-0.1, -0.05) is 6.07 Å². The number of halogens is 2. The number of nitrogens with one attached hydrogen (secondary N) is 1. The summed E-state index contributed by atoms with van der Waals surface area (Å²) in [5.41, 5.74) is -0.833. The van der Waals surface area contributed by atoms with E-state index >= 15 is 0 Å². The number of thiophene rings is 1. The summed E-state index contributed by atoms with van der Waals surface area (Å²) in [6.07, 6.45) is 0. The summed E-state index contributed by atoms with van der Waals surface area (Å²) in [5.74, 6) is -4.06.